The van der Waals surface area contributed by atoms with Gasteiger partial charge in [0.15, 0.2) is 6.23 Å². The summed E-state index contributed by atoms with van der Waals surface area (Å²) in [5.74, 6) is -3.04. The van der Waals surface area contributed by atoms with Gasteiger partial charge in [-0.3, -0.25) is 4.98 Å². The first-order valence-corrected chi connectivity index (χ1v) is 5.53. The Morgan fingerprint density at radius 1 is 1.50 bits per heavy atom. The fraction of sp³-hybridized carbons (Fsp3) is 0.455. The number of rotatable bonds is 2. The minimum absolute atomic E-state index is 0.489. The lowest BCUT2D eigenvalue weighted by Crippen LogP contribution is -2.31. The van der Waals surface area contributed by atoms with E-state index in [-0.39, 0.29) is 0 Å². The topological polar surface area (TPSA) is 60.2 Å². The molecule has 0 saturated carbocycles. The van der Waals surface area contributed by atoms with E-state index in [4.69, 9.17) is 9.84 Å². The van der Waals surface area contributed by atoms with Crippen molar-refractivity contribution in [2.24, 2.45) is 0 Å². The van der Waals surface area contributed by atoms with Crippen LogP contribution in [0.4, 0.5) is 8.78 Å². The van der Waals surface area contributed by atoms with E-state index in [0.29, 0.717) is 5.52 Å². The van der Waals surface area contributed by atoms with Gasteiger partial charge < -0.3 is 9.84 Å². The summed E-state index contributed by atoms with van der Waals surface area (Å²) in [5, 5.41) is 13.7. The summed E-state index contributed by atoms with van der Waals surface area (Å²) >= 11 is 0. The second kappa shape index (κ2) is 3.96. The van der Waals surface area contributed by atoms with E-state index in [1.807, 2.05) is 0 Å². The van der Waals surface area contributed by atoms with Crippen LogP contribution in [0.1, 0.15) is 12.6 Å². The van der Waals surface area contributed by atoms with Gasteiger partial charge in [0.05, 0.1) is 24.7 Å². The van der Waals surface area contributed by atoms with Crippen molar-refractivity contribution >= 4 is 10.9 Å². The van der Waals surface area contributed by atoms with Gasteiger partial charge in [0.25, 0.3) is 5.92 Å². The van der Waals surface area contributed by atoms with Crippen LogP contribution >= 0.6 is 0 Å². The number of hydrogen-bond acceptors (Lipinski definition) is 4. The molecule has 96 valence electrons. The number of ether oxygens (including phenoxy) is 1. The van der Waals surface area contributed by atoms with Gasteiger partial charge >= 0.3 is 0 Å². The Hall–Kier alpha value is -1.60. The normalized spacial score (nSPS) is 26.8. The fourth-order valence-electron chi connectivity index (χ4n) is 2.15. The first-order chi connectivity index (χ1) is 8.62. The smallest absolute Gasteiger partial charge is 0.280 e. The van der Waals surface area contributed by atoms with Crippen LogP contribution in [0.25, 0.3) is 10.9 Å². The van der Waals surface area contributed by atoms with Crippen molar-refractivity contribution in [1.29, 1.82) is 0 Å². The molecule has 2 aromatic heterocycles. The number of alkyl halides is 2. The van der Waals surface area contributed by atoms with Gasteiger partial charge in [-0.05, 0) is 6.07 Å². The Labute approximate surface area is 101 Å². The van der Waals surface area contributed by atoms with E-state index in [9.17, 15) is 8.78 Å². The molecule has 3 rings (SSSR count). The van der Waals surface area contributed by atoms with Crippen LogP contribution in [-0.2, 0) is 4.74 Å². The van der Waals surface area contributed by atoms with Crippen molar-refractivity contribution in [2.75, 3.05) is 6.61 Å². The summed E-state index contributed by atoms with van der Waals surface area (Å²) in [6, 6.07) is 1.69. The average molecular weight is 255 g/mol. The van der Waals surface area contributed by atoms with Gasteiger partial charge in [-0.2, -0.15) is 5.10 Å². The molecule has 0 unspecified atom stereocenters. The van der Waals surface area contributed by atoms with Gasteiger partial charge in [0.2, 0.25) is 0 Å². The molecule has 0 bridgehead atoms. The third-order valence-electron chi connectivity index (χ3n) is 3.07. The molecule has 1 aliphatic heterocycles. The number of halogens is 2. The summed E-state index contributed by atoms with van der Waals surface area (Å²) in [4.78, 5) is 3.93. The summed E-state index contributed by atoms with van der Waals surface area (Å²) in [7, 11) is 0. The summed E-state index contributed by atoms with van der Waals surface area (Å²) in [6.45, 7) is -0.704. The molecule has 0 aliphatic carbocycles. The van der Waals surface area contributed by atoms with Crippen molar-refractivity contribution in [1.82, 2.24) is 14.8 Å². The standard InChI is InChI=1S/C11H11F2N3O2/c12-11(13)3-10(18-9(11)6-17)16-8-1-2-14-4-7(8)5-15-16/h1-2,4-5,9-10,17H,3,6H2/t9-,10-/m1/s1. The van der Waals surface area contributed by atoms with Crippen LogP contribution in [-0.4, -0.2) is 38.5 Å². The SMILES string of the molecule is OC[C@H]1O[C@@H](n2ncc3cnccc32)CC1(F)F. The molecule has 1 aliphatic rings. The van der Waals surface area contributed by atoms with Crippen LogP contribution < -0.4 is 0 Å². The van der Waals surface area contributed by atoms with Crippen LogP contribution in [0.2, 0.25) is 0 Å². The van der Waals surface area contributed by atoms with E-state index < -0.39 is 31.3 Å². The molecule has 0 spiro atoms. The van der Waals surface area contributed by atoms with E-state index >= 15 is 0 Å². The molecule has 1 N–H and O–H groups in total. The minimum atomic E-state index is -3.04. The highest BCUT2D eigenvalue weighted by molar-refractivity contribution is 5.77. The molecular weight excluding hydrogens is 244 g/mol. The molecular formula is C11H11F2N3O2. The summed E-state index contributed by atoms with van der Waals surface area (Å²) in [6.07, 6.45) is 1.90. The highest BCUT2D eigenvalue weighted by atomic mass is 19.3. The maximum atomic E-state index is 13.5. The maximum Gasteiger partial charge on any atom is 0.280 e. The molecule has 18 heavy (non-hydrogen) atoms. The Balaban J connectivity index is 1.97. The fourth-order valence-corrected chi connectivity index (χ4v) is 2.15. The van der Waals surface area contributed by atoms with Gasteiger partial charge in [-0.1, -0.05) is 0 Å². The van der Waals surface area contributed by atoms with Gasteiger partial charge in [-0.25, -0.2) is 13.5 Å². The lowest BCUT2D eigenvalue weighted by atomic mass is 10.2. The van der Waals surface area contributed by atoms with Gasteiger partial charge in [0.1, 0.15) is 6.10 Å². The first-order valence-electron chi connectivity index (χ1n) is 5.53. The molecule has 1 saturated heterocycles. The minimum Gasteiger partial charge on any atom is -0.393 e. The number of pyridine rings is 1. The quantitative estimate of drug-likeness (QED) is 0.879. The van der Waals surface area contributed by atoms with E-state index in [2.05, 4.69) is 10.1 Å². The monoisotopic (exact) mass is 255 g/mol. The Morgan fingerprint density at radius 2 is 2.33 bits per heavy atom. The van der Waals surface area contributed by atoms with E-state index in [1.54, 1.807) is 24.7 Å². The average Bonchev–Trinajstić information content (AvgIpc) is 2.89. The zero-order valence-corrected chi connectivity index (χ0v) is 9.33. The number of fused-ring (bicyclic) bond motifs is 1. The highest BCUT2D eigenvalue weighted by Gasteiger charge is 2.51. The molecule has 7 heteroatoms. The lowest BCUT2D eigenvalue weighted by Gasteiger charge is -2.13. The van der Waals surface area contributed by atoms with Crippen LogP contribution in [0, 0.1) is 0 Å². The summed E-state index contributed by atoms with van der Waals surface area (Å²) in [5.41, 5.74) is 0.685. The lowest BCUT2D eigenvalue weighted by molar-refractivity contribution is -0.102. The molecule has 0 aromatic carbocycles. The van der Waals surface area contributed by atoms with Gasteiger partial charge in [-0.15, -0.1) is 0 Å². The highest BCUT2D eigenvalue weighted by Crippen LogP contribution is 2.41. The second-order valence-electron chi connectivity index (χ2n) is 4.25. The number of aliphatic hydroxyl groups is 1. The van der Waals surface area contributed by atoms with Gasteiger partial charge in [0, 0.05) is 17.8 Å². The molecule has 3 heterocycles. The van der Waals surface area contributed by atoms with E-state index in [0.717, 1.165) is 5.39 Å². The zero-order valence-electron chi connectivity index (χ0n) is 9.33. The first kappa shape index (κ1) is 11.5. The predicted octanol–water partition coefficient (Wildman–Crippen LogP) is 1.35. The van der Waals surface area contributed by atoms with Crippen molar-refractivity contribution in [3.05, 3.63) is 24.7 Å². The largest absolute Gasteiger partial charge is 0.393 e. The second-order valence-corrected chi connectivity index (χ2v) is 4.25. The zero-order chi connectivity index (χ0) is 12.8. The van der Waals surface area contributed by atoms with Crippen molar-refractivity contribution in [2.45, 2.75) is 24.7 Å². The van der Waals surface area contributed by atoms with Crippen molar-refractivity contribution < 1.29 is 18.6 Å². The molecule has 1 fully saturated rings. The predicted molar refractivity (Wildman–Crippen MR) is 58.1 cm³/mol. The molecule has 0 radical (unpaired) electrons. The Bertz CT molecular complexity index is 572. The molecule has 2 atom stereocenters. The van der Waals surface area contributed by atoms with Crippen LogP contribution in [0.5, 0.6) is 0 Å². The number of nitrogens with zero attached hydrogens (tertiary/aromatic N) is 3. The molecule has 5 nitrogen and oxygen atoms in total. The Morgan fingerprint density at radius 3 is 3.06 bits per heavy atom. The summed E-state index contributed by atoms with van der Waals surface area (Å²) < 4.78 is 33.6. The third kappa shape index (κ3) is 1.67. The number of hydrogen-bond donors (Lipinski definition) is 1. The molecule has 2 aromatic rings. The Kier molecular flexibility index (Phi) is 2.53. The van der Waals surface area contributed by atoms with Crippen LogP contribution in [0.15, 0.2) is 24.7 Å². The van der Waals surface area contributed by atoms with Crippen LogP contribution in [0.3, 0.4) is 0 Å². The maximum absolute atomic E-state index is 13.5. The third-order valence-corrected chi connectivity index (χ3v) is 3.07. The number of aliphatic hydroxyl groups excluding tert-OH is 1. The molecule has 0 amide bonds. The number of aromatic nitrogens is 3. The van der Waals surface area contributed by atoms with Crippen molar-refractivity contribution in [3.63, 3.8) is 0 Å². The van der Waals surface area contributed by atoms with E-state index in [1.165, 1.54) is 4.68 Å². The van der Waals surface area contributed by atoms with Crippen molar-refractivity contribution in [3.8, 4) is 0 Å².